The smallest absolute Gasteiger partial charge is 0.254 e. The van der Waals surface area contributed by atoms with Gasteiger partial charge in [-0.15, -0.1) is 0 Å². The molecule has 1 heterocycles. The van der Waals surface area contributed by atoms with Crippen molar-refractivity contribution < 1.29 is 4.79 Å². The standard InChI is InChI=1S/C17H13Cl2NO/c18-15-7-6-14(11-16(15)19)20-9-8-13(17(20)21)10-12-4-2-1-3-5-12/h1-7,10-11H,8-9H2/b13-10+. The van der Waals surface area contributed by atoms with Gasteiger partial charge in [0.25, 0.3) is 5.91 Å². The third-order valence-corrected chi connectivity index (χ3v) is 4.22. The zero-order chi connectivity index (χ0) is 14.8. The number of rotatable bonds is 2. The molecule has 0 radical (unpaired) electrons. The minimum Gasteiger partial charge on any atom is -0.308 e. The molecule has 1 aliphatic rings. The quantitative estimate of drug-likeness (QED) is 0.727. The summed E-state index contributed by atoms with van der Waals surface area (Å²) in [6.45, 7) is 0.662. The Labute approximate surface area is 133 Å². The Morgan fingerprint density at radius 3 is 2.48 bits per heavy atom. The van der Waals surface area contributed by atoms with Crippen LogP contribution in [0.2, 0.25) is 10.0 Å². The Morgan fingerprint density at radius 2 is 1.76 bits per heavy atom. The van der Waals surface area contributed by atoms with E-state index in [2.05, 4.69) is 0 Å². The maximum absolute atomic E-state index is 12.5. The SMILES string of the molecule is O=C1/C(=C/c2ccccc2)CCN1c1ccc(Cl)c(Cl)c1. The third kappa shape index (κ3) is 2.97. The molecule has 0 spiro atoms. The minimum absolute atomic E-state index is 0.0252. The van der Waals surface area contributed by atoms with Crippen LogP contribution in [0.1, 0.15) is 12.0 Å². The summed E-state index contributed by atoms with van der Waals surface area (Å²) in [6.07, 6.45) is 2.67. The van der Waals surface area contributed by atoms with E-state index in [0.717, 1.165) is 23.2 Å². The summed E-state index contributed by atoms with van der Waals surface area (Å²) in [7, 11) is 0. The topological polar surface area (TPSA) is 20.3 Å². The maximum atomic E-state index is 12.5. The normalized spacial score (nSPS) is 16.8. The van der Waals surface area contributed by atoms with E-state index < -0.39 is 0 Å². The van der Waals surface area contributed by atoms with Crippen molar-refractivity contribution in [2.45, 2.75) is 6.42 Å². The van der Waals surface area contributed by atoms with Crippen LogP contribution in [0.25, 0.3) is 6.08 Å². The second-order valence-electron chi connectivity index (χ2n) is 4.89. The first kappa shape index (κ1) is 14.2. The summed E-state index contributed by atoms with van der Waals surface area (Å²) in [4.78, 5) is 14.2. The predicted octanol–water partition coefficient (Wildman–Crippen LogP) is 4.81. The van der Waals surface area contributed by atoms with Crippen LogP contribution in [0.3, 0.4) is 0 Å². The largest absolute Gasteiger partial charge is 0.308 e. The zero-order valence-corrected chi connectivity index (χ0v) is 12.7. The van der Waals surface area contributed by atoms with Crippen LogP contribution in [-0.2, 0) is 4.79 Å². The summed E-state index contributed by atoms with van der Waals surface area (Å²) >= 11 is 11.9. The minimum atomic E-state index is 0.0252. The Hall–Kier alpha value is -1.77. The van der Waals surface area contributed by atoms with E-state index in [-0.39, 0.29) is 5.91 Å². The molecule has 1 aliphatic heterocycles. The van der Waals surface area contributed by atoms with Gasteiger partial charge in [0, 0.05) is 17.8 Å². The summed E-state index contributed by atoms with van der Waals surface area (Å²) in [5.41, 5.74) is 2.63. The Bertz CT molecular complexity index is 710. The average molecular weight is 318 g/mol. The molecule has 21 heavy (non-hydrogen) atoms. The van der Waals surface area contributed by atoms with Crippen LogP contribution in [0, 0.1) is 0 Å². The van der Waals surface area contributed by atoms with Gasteiger partial charge in [0.15, 0.2) is 0 Å². The van der Waals surface area contributed by atoms with Crippen LogP contribution in [0.5, 0.6) is 0 Å². The lowest BCUT2D eigenvalue weighted by Gasteiger charge is -2.15. The number of carbonyl (C=O) groups excluding carboxylic acids is 1. The van der Waals surface area contributed by atoms with Gasteiger partial charge < -0.3 is 4.90 Å². The van der Waals surface area contributed by atoms with Crippen molar-refractivity contribution in [3.05, 3.63) is 69.7 Å². The molecule has 0 unspecified atom stereocenters. The van der Waals surface area contributed by atoms with Gasteiger partial charge in [-0.25, -0.2) is 0 Å². The van der Waals surface area contributed by atoms with Crippen molar-refractivity contribution >= 4 is 40.9 Å². The summed E-state index contributed by atoms with van der Waals surface area (Å²) in [5.74, 6) is 0.0252. The van der Waals surface area contributed by atoms with E-state index >= 15 is 0 Å². The molecule has 4 heteroatoms. The second kappa shape index (κ2) is 5.92. The fourth-order valence-corrected chi connectivity index (χ4v) is 2.69. The molecule has 106 valence electrons. The number of anilines is 1. The van der Waals surface area contributed by atoms with Gasteiger partial charge in [-0.1, -0.05) is 53.5 Å². The van der Waals surface area contributed by atoms with Gasteiger partial charge in [0.1, 0.15) is 0 Å². The van der Waals surface area contributed by atoms with E-state index in [0.29, 0.717) is 16.6 Å². The lowest BCUT2D eigenvalue weighted by atomic mass is 10.1. The van der Waals surface area contributed by atoms with Gasteiger partial charge in [-0.3, -0.25) is 4.79 Å². The third-order valence-electron chi connectivity index (χ3n) is 3.48. The molecule has 2 aromatic carbocycles. The molecule has 1 saturated heterocycles. The van der Waals surface area contributed by atoms with E-state index in [1.54, 1.807) is 17.0 Å². The van der Waals surface area contributed by atoms with E-state index in [9.17, 15) is 4.79 Å². The van der Waals surface area contributed by atoms with Crippen molar-refractivity contribution in [3.8, 4) is 0 Å². The number of carbonyl (C=O) groups is 1. The summed E-state index contributed by atoms with van der Waals surface area (Å²) in [6, 6.07) is 15.1. The molecule has 3 rings (SSSR count). The molecular weight excluding hydrogens is 305 g/mol. The van der Waals surface area contributed by atoms with Crippen LogP contribution in [0.15, 0.2) is 54.1 Å². The van der Waals surface area contributed by atoms with Crippen molar-refractivity contribution in [1.29, 1.82) is 0 Å². The van der Waals surface area contributed by atoms with Gasteiger partial charge in [0.2, 0.25) is 0 Å². The molecular formula is C17H13Cl2NO. The van der Waals surface area contributed by atoms with Crippen LogP contribution >= 0.6 is 23.2 Å². The first-order chi connectivity index (χ1) is 10.1. The molecule has 0 N–H and O–H groups in total. The van der Waals surface area contributed by atoms with E-state index in [1.165, 1.54) is 0 Å². The van der Waals surface area contributed by atoms with Gasteiger partial charge in [-0.2, -0.15) is 0 Å². The fraction of sp³-hybridized carbons (Fsp3) is 0.118. The first-order valence-corrected chi connectivity index (χ1v) is 7.43. The highest BCUT2D eigenvalue weighted by molar-refractivity contribution is 6.42. The molecule has 0 atom stereocenters. The van der Waals surface area contributed by atoms with Gasteiger partial charge in [0.05, 0.1) is 10.0 Å². The highest BCUT2D eigenvalue weighted by atomic mass is 35.5. The molecule has 0 bridgehead atoms. The second-order valence-corrected chi connectivity index (χ2v) is 5.70. The molecule has 0 aromatic heterocycles. The average Bonchev–Trinajstić information content (AvgIpc) is 2.84. The molecule has 1 fully saturated rings. The van der Waals surface area contributed by atoms with Crippen molar-refractivity contribution in [3.63, 3.8) is 0 Å². The molecule has 2 aromatic rings. The zero-order valence-electron chi connectivity index (χ0n) is 11.2. The number of hydrogen-bond acceptors (Lipinski definition) is 1. The number of hydrogen-bond donors (Lipinski definition) is 0. The monoisotopic (exact) mass is 317 g/mol. The first-order valence-electron chi connectivity index (χ1n) is 6.68. The van der Waals surface area contributed by atoms with Crippen molar-refractivity contribution in [2.24, 2.45) is 0 Å². The lowest BCUT2D eigenvalue weighted by molar-refractivity contribution is -0.114. The van der Waals surface area contributed by atoms with Crippen LogP contribution in [0.4, 0.5) is 5.69 Å². The maximum Gasteiger partial charge on any atom is 0.254 e. The Kier molecular flexibility index (Phi) is 4.00. The van der Waals surface area contributed by atoms with E-state index in [4.69, 9.17) is 23.2 Å². The lowest BCUT2D eigenvalue weighted by Crippen LogP contribution is -2.24. The summed E-state index contributed by atoms with van der Waals surface area (Å²) in [5, 5.41) is 0.953. The Morgan fingerprint density at radius 1 is 1.00 bits per heavy atom. The molecule has 0 aliphatic carbocycles. The highest BCUT2D eigenvalue weighted by Gasteiger charge is 2.27. The van der Waals surface area contributed by atoms with Gasteiger partial charge in [-0.05, 0) is 36.3 Å². The number of halogens is 2. The summed E-state index contributed by atoms with van der Waals surface area (Å²) < 4.78 is 0. The predicted molar refractivity (Wildman–Crippen MR) is 87.9 cm³/mol. The molecule has 1 amide bonds. The number of nitrogens with zero attached hydrogens (tertiary/aromatic N) is 1. The van der Waals surface area contributed by atoms with Gasteiger partial charge >= 0.3 is 0 Å². The Balaban J connectivity index is 1.86. The fourth-order valence-electron chi connectivity index (χ4n) is 2.40. The number of benzene rings is 2. The molecule has 0 saturated carbocycles. The highest BCUT2D eigenvalue weighted by Crippen LogP contribution is 2.31. The van der Waals surface area contributed by atoms with Crippen LogP contribution in [-0.4, -0.2) is 12.5 Å². The van der Waals surface area contributed by atoms with Crippen molar-refractivity contribution in [2.75, 3.05) is 11.4 Å². The number of amides is 1. The van der Waals surface area contributed by atoms with E-state index in [1.807, 2.05) is 42.5 Å². The molecule has 2 nitrogen and oxygen atoms in total. The van der Waals surface area contributed by atoms with Crippen molar-refractivity contribution in [1.82, 2.24) is 0 Å². The van der Waals surface area contributed by atoms with Crippen LogP contribution < -0.4 is 4.90 Å².